The van der Waals surface area contributed by atoms with E-state index in [1.54, 1.807) is 6.92 Å². The van der Waals surface area contributed by atoms with Gasteiger partial charge in [-0.05, 0) is 25.5 Å². The fraction of sp³-hybridized carbons (Fsp3) is 0.400. The number of nitrogens with zero attached hydrogens (tertiary/aromatic N) is 5. The van der Waals surface area contributed by atoms with Crippen molar-refractivity contribution in [2.75, 3.05) is 6.54 Å². The SMILES string of the molecule is Cc1noc([C@H]2C[C@@H](O)CN2Cc2cnn3ccccc23)n1. The number of hydrogen-bond donors (Lipinski definition) is 1. The fourth-order valence-corrected chi connectivity index (χ4v) is 3.09. The summed E-state index contributed by atoms with van der Waals surface area (Å²) in [6.07, 6.45) is 4.03. The van der Waals surface area contributed by atoms with Crippen molar-refractivity contribution < 1.29 is 9.63 Å². The third kappa shape index (κ3) is 2.28. The van der Waals surface area contributed by atoms with Crippen LogP contribution in [0.4, 0.5) is 0 Å². The Morgan fingerprint density at radius 3 is 3.14 bits per heavy atom. The van der Waals surface area contributed by atoms with Gasteiger partial charge in [0.1, 0.15) is 0 Å². The third-order valence-corrected chi connectivity index (χ3v) is 4.09. The molecule has 2 atom stereocenters. The number of rotatable bonds is 3. The molecule has 22 heavy (non-hydrogen) atoms. The van der Waals surface area contributed by atoms with Crippen molar-refractivity contribution in [1.82, 2.24) is 24.7 Å². The van der Waals surface area contributed by atoms with E-state index in [9.17, 15) is 5.11 Å². The molecule has 3 aromatic heterocycles. The van der Waals surface area contributed by atoms with Gasteiger partial charge in [0.25, 0.3) is 0 Å². The van der Waals surface area contributed by atoms with Crippen molar-refractivity contribution in [3.05, 3.63) is 47.9 Å². The summed E-state index contributed by atoms with van der Waals surface area (Å²) in [5.41, 5.74) is 2.19. The molecule has 0 spiro atoms. The number of fused-ring (bicyclic) bond motifs is 1. The third-order valence-electron chi connectivity index (χ3n) is 4.09. The van der Waals surface area contributed by atoms with Gasteiger partial charge in [-0.15, -0.1) is 0 Å². The van der Waals surface area contributed by atoms with Crippen LogP contribution in [0.2, 0.25) is 0 Å². The Balaban J connectivity index is 1.63. The number of pyridine rings is 1. The number of β-amino-alcohol motifs (C(OH)–C–C–N with tert-alkyl or cyclic N) is 1. The van der Waals surface area contributed by atoms with Gasteiger partial charge in [-0.3, -0.25) is 4.90 Å². The number of aryl methyl sites for hydroxylation is 1. The van der Waals surface area contributed by atoms with Gasteiger partial charge < -0.3 is 9.63 Å². The second-order valence-electron chi connectivity index (χ2n) is 5.71. The Labute approximate surface area is 127 Å². The van der Waals surface area contributed by atoms with Crippen LogP contribution in [0, 0.1) is 6.92 Å². The highest BCUT2D eigenvalue weighted by Crippen LogP contribution is 2.33. The number of likely N-dealkylation sites (tertiary alicyclic amines) is 1. The summed E-state index contributed by atoms with van der Waals surface area (Å²) in [4.78, 5) is 6.49. The average molecular weight is 299 g/mol. The quantitative estimate of drug-likeness (QED) is 0.786. The van der Waals surface area contributed by atoms with Crippen LogP contribution in [-0.2, 0) is 6.54 Å². The molecule has 114 valence electrons. The first kappa shape index (κ1) is 13.4. The topological polar surface area (TPSA) is 79.7 Å². The molecule has 0 saturated carbocycles. The van der Waals surface area contributed by atoms with Crippen molar-refractivity contribution in [1.29, 1.82) is 0 Å². The predicted molar refractivity (Wildman–Crippen MR) is 78.0 cm³/mol. The van der Waals surface area contributed by atoms with Gasteiger partial charge in [0.05, 0.1) is 23.9 Å². The molecular weight excluding hydrogens is 282 g/mol. The number of aliphatic hydroxyl groups excluding tert-OH is 1. The summed E-state index contributed by atoms with van der Waals surface area (Å²) in [6.45, 7) is 3.08. The van der Waals surface area contributed by atoms with Gasteiger partial charge in [0.2, 0.25) is 5.89 Å². The molecule has 1 N–H and O–H groups in total. The van der Waals surface area contributed by atoms with Gasteiger partial charge in [0, 0.05) is 24.8 Å². The zero-order valence-corrected chi connectivity index (χ0v) is 12.3. The van der Waals surface area contributed by atoms with Crippen molar-refractivity contribution >= 4 is 5.52 Å². The number of hydrogen-bond acceptors (Lipinski definition) is 6. The molecule has 1 aliphatic rings. The minimum absolute atomic E-state index is 0.0464. The van der Waals surface area contributed by atoms with E-state index >= 15 is 0 Å². The lowest BCUT2D eigenvalue weighted by atomic mass is 10.2. The van der Waals surface area contributed by atoms with Crippen molar-refractivity contribution in [3.63, 3.8) is 0 Å². The molecule has 7 nitrogen and oxygen atoms in total. The molecule has 0 unspecified atom stereocenters. The molecule has 1 saturated heterocycles. The van der Waals surface area contributed by atoms with Crippen LogP contribution >= 0.6 is 0 Å². The van der Waals surface area contributed by atoms with Crippen LogP contribution in [-0.4, -0.2) is 42.4 Å². The Hall–Kier alpha value is -2.25. The monoisotopic (exact) mass is 299 g/mol. The standard InChI is InChI=1S/C15H17N5O2/c1-10-17-15(22-18-10)14-6-12(21)9-19(14)8-11-7-16-20-5-3-2-4-13(11)20/h2-5,7,12,14,21H,6,8-9H2,1H3/t12-,14-/m1/s1. The highest BCUT2D eigenvalue weighted by Gasteiger charge is 2.36. The normalized spacial score (nSPS) is 22.6. The largest absolute Gasteiger partial charge is 0.392 e. The van der Waals surface area contributed by atoms with Crippen LogP contribution in [0.25, 0.3) is 5.52 Å². The molecule has 0 radical (unpaired) electrons. The lowest BCUT2D eigenvalue weighted by molar-refractivity contribution is 0.169. The summed E-state index contributed by atoms with van der Waals surface area (Å²) in [5.74, 6) is 1.19. The van der Waals surface area contributed by atoms with E-state index in [-0.39, 0.29) is 12.1 Å². The lowest BCUT2D eigenvalue weighted by Crippen LogP contribution is -2.24. The average Bonchev–Trinajstić information content (AvgIpc) is 3.19. The highest BCUT2D eigenvalue weighted by atomic mass is 16.5. The van der Waals surface area contributed by atoms with Gasteiger partial charge in [-0.2, -0.15) is 10.1 Å². The van der Waals surface area contributed by atoms with E-state index in [1.165, 1.54) is 0 Å². The van der Waals surface area contributed by atoms with Crippen LogP contribution < -0.4 is 0 Å². The van der Waals surface area contributed by atoms with E-state index in [0.29, 0.717) is 31.2 Å². The Morgan fingerprint density at radius 2 is 2.32 bits per heavy atom. The molecule has 0 aromatic carbocycles. The first-order chi connectivity index (χ1) is 10.7. The predicted octanol–water partition coefficient (Wildman–Crippen LogP) is 1.33. The van der Waals surface area contributed by atoms with E-state index in [4.69, 9.17) is 4.52 Å². The van der Waals surface area contributed by atoms with E-state index in [0.717, 1.165) is 11.1 Å². The minimum Gasteiger partial charge on any atom is -0.392 e. The molecule has 3 aromatic rings. The van der Waals surface area contributed by atoms with Gasteiger partial charge in [0.15, 0.2) is 5.82 Å². The lowest BCUT2D eigenvalue weighted by Gasteiger charge is -2.20. The zero-order chi connectivity index (χ0) is 15.1. The van der Waals surface area contributed by atoms with Crippen LogP contribution in [0.3, 0.4) is 0 Å². The fourth-order valence-electron chi connectivity index (χ4n) is 3.09. The number of aromatic nitrogens is 4. The van der Waals surface area contributed by atoms with E-state index < -0.39 is 0 Å². The van der Waals surface area contributed by atoms with Gasteiger partial charge in [-0.1, -0.05) is 11.2 Å². The first-order valence-corrected chi connectivity index (χ1v) is 7.34. The Kier molecular flexibility index (Phi) is 3.16. The second kappa shape index (κ2) is 5.19. The summed E-state index contributed by atoms with van der Waals surface area (Å²) < 4.78 is 7.15. The molecule has 0 bridgehead atoms. The van der Waals surface area contributed by atoms with Gasteiger partial charge >= 0.3 is 0 Å². The Morgan fingerprint density at radius 1 is 1.41 bits per heavy atom. The van der Waals surface area contributed by atoms with Crippen molar-refractivity contribution in [2.45, 2.75) is 32.0 Å². The first-order valence-electron chi connectivity index (χ1n) is 7.34. The van der Waals surface area contributed by atoms with Crippen molar-refractivity contribution in [2.24, 2.45) is 0 Å². The summed E-state index contributed by atoms with van der Waals surface area (Å²) in [5, 5.41) is 18.2. The molecule has 4 heterocycles. The second-order valence-corrected chi connectivity index (χ2v) is 5.71. The maximum absolute atomic E-state index is 10.0. The number of aliphatic hydroxyl groups is 1. The maximum atomic E-state index is 10.0. The maximum Gasteiger partial charge on any atom is 0.244 e. The van der Waals surface area contributed by atoms with Gasteiger partial charge in [-0.25, -0.2) is 4.52 Å². The smallest absolute Gasteiger partial charge is 0.244 e. The summed E-state index contributed by atoms with van der Waals surface area (Å²) in [7, 11) is 0. The van der Waals surface area contributed by atoms with Crippen LogP contribution in [0.1, 0.15) is 29.7 Å². The molecule has 0 amide bonds. The molecule has 1 aliphatic heterocycles. The van der Waals surface area contributed by atoms with E-state index in [2.05, 4.69) is 20.1 Å². The minimum atomic E-state index is -0.376. The summed E-state index contributed by atoms with van der Waals surface area (Å²) in [6, 6.07) is 5.95. The van der Waals surface area contributed by atoms with Crippen LogP contribution in [0.5, 0.6) is 0 Å². The van der Waals surface area contributed by atoms with E-state index in [1.807, 2.05) is 35.1 Å². The molecule has 7 heteroatoms. The highest BCUT2D eigenvalue weighted by molar-refractivity contribution is 5.53. The molecule has 0 aliphatic carbocycles. The summed E-state index contributed by atoms with van der Waals surface area (Å²) >= 11 is 0. The van der Waals surface area contributed by atoms with Crippen LogP contribution in [0.15, 0.2) is 35.1 Å². The molecular formula is C15H17N5O2. The zero-order valence-electron chi connectivity index (χ0n) is 12.3. The molecule has 4 rings (SSSR count). The van der Waals surface area contributed by atoms with Crippen molar-refractivity contribution in [3.8, 4) is 0 Å². The Bertz CT molecular complexity index is 796. The molecule has 1 fully saturated rings.